The number of para-hydroxylation sites is 2. The Kier molecular flexibility index (Phi) is 5.20. The summed E-state index contributed by atoms with van der Waals surface area (Å²) in [5.41, 5.74) is 0.0667. The molecule has 172 valence electrons. The molecular formula is C22H21N3O7S. The van der Waals surface area contributed by atoms with Gasteiger partial charge in [-0.15, -0.1) is 0 Å². The molecular weight excluding hydrogens is 450 g/mol. The van der Waals surface area contributed by atoms with Crippen LogP contribution in [0.15, 0.2) is 53.4 Å². The van der Waals surface area contributed by atoms with Crippen molar-refractivity contribution in [1.29, 1.82) is 0 Å². The predicted octanol–water partition coefficient (Wildman–Crippen LogP) is 0.342. The van der Waals surface area contributed by atoms with Crippen LogP contribution in [0.4, 0.5) is 0 Å². The average molecular weight is 471 g/mol. The van der Waals surface area contributed by atoms with Gasteiger partial charge in [-0.3, -0.25) is 14.4 Å². The Morgan fingerprint density at radius 2 is 1.55 bits per heavy atom. The monoisotopic (exact) mass is 471 g/mol. The molecule has 3 aliphatic heterocycles. The third kappa shape index (κ3) is 3.67. The van der Waals surface area contributed by atoms with Crippen LogP contribution in [0.3, 0.4) is 0 Å². The Bertz CT molecular complexity index is 1240. The summed E-state index contributed by atoms with van der Waals surface area (Å²) in [7, 11) is -4.05. The van der Waals surface area contributed by atoms with Crippen molar-refractivity contribution in [2.45, 2.75) is 11.0 Å². The van der Waals surface area contributed by atoms with Gasteiger partial charge in [-0.1, -0.05) is 24.3 Å². The van der Waals surface area contributed by atoms with E-state index in [1.807, 2.05) is 6.07 Å². The first-order valence-corrected chi connectivity index (χ1v) is 11.9. The minimum absolute atomic E-state index is 0.0667. The SMILES string of the molecule is O=C(CN1C(=O)c2ccccc2S1(=O)=O)N1CCN(C(=O)[C@H]2COc3ccccc3O2)CC1. The molecule has 5 rings (SSSR count). The number of hydrogen-bond acceptors (Lipinski definition) is 7. The second-order valence-electron chi connectivity index (χ2n) is 7.88. The van der Waals surface area contributed by atoms with Crippen LogP contribution in [0.5, 0.6) is 11.5 Å². The van der Waals surface area contributed by atoms with Crippen molar-refractivity contribution in [1.82, 2.24) is 14.1 Å². The van der Waals surface area contributed by atoms with Crippen molar-refractivity contribution in [3.63, 3.8) is 0 Å². The fourth-order valence-electron chi connectivity index (χ4n) is 4.13. The zero-order chi connectivity index (χ0) is 23.2. The first kappa shape index (κ1) is 21.3. The molecule has 1 atom stereocenters. The molecule has 33 heavy (non-hydrogen) atoms. The van der Waals surface area contributed by atoms with Crippen LogP contribution in [-0.2, 0) is 19.6 Å². The molecule has 11 heteroatoms. The van der Waals surface area contributed by atoms with E-state index in [9.17, 15) is 22.8 Å². The van der Waals surface area contributed by atoms with Crippen LogP contribution in [0.2, 0.25) is 0 Å². The van der Waals surface area contributed by atoms with Gasteiger partial charge in [0, 0.05) is 26.2 Å². The number of ether oxygens (including phenoxy) is 2. The molecule has 2 aromatic carbocycles. The zero-order valence-corrected chi connectivity index (χ0v) is 18.4. The maximum Gasteiger partial charge on any atom is 0.269 e. The number of sulfonamides is 1. The largest absolute Gasteiger partial charge is 0.485 e. The predicted molar refractivity (Wildman–Crippen MR) is 114 cm³/mol. The van der Waals surface area contributed by atoms with E-state index in [1.54, 1.807) is 29.2 Å². The van der Waals surface area contributed by atoms with Crippen molar-refractivity contribution in [3.8, 4) is 11.5 Å². The summed E-state index contributed by atoms with van der Waals surface area (Å²) in [4.78, 5) is 41.1. The quantitative estimate of drug-likeness (QED) is 0.634. The molecule has 0 saturated carbocycles. The minimum atomic E-state index is -4.05. The Labute approximate surface area is 190 Å². The molecule has 1 fully saturated rings. The molecule has 0 bridgehead atoms. The number of nitrogens with zero attached hydrogens (tertiary/aromatic N) is 3. The molecule has 0 spiro atoms. The molecule has 3 aliphatic rings. The van der Waals surface area contributed by atoms with Gasteiger partial charge in [0.25, 0.3) is 21.8 Å². The molecule has 0 aromatic heterocycles. The maximum atomic E-state index is 12.9. The average Bonchev–Trinajstić information content (AvgIpc) is 3.04. The molecule has 3 amide bonds. The summed E-state index contributed by atoms with van der Waals surface area (Å²) in [6.07, 6.45) is -0.770. The van der Waals surface area contributed by atoms with E-state index in [0.717, 1.165) is 0 Å². The van der Waals surface area contributed by atoms with Crippen LogP contribution in [0.25, 0.3) is 0 Å². The van der Waals surface area contributed by atoms with E-state index in [1.165, 1.54) is 23.1 Å². The summed E-state index contributed by atoms with van der Waals surface area (Å²) in [5, 5.41) is 0. The van der Waals surface area contributed by atoms with Crippen molar-refractivity contribution in [2.75, 3.05) is 39.3 Å². The standard InChI is InChI=1S/C22H21N3O7S/c26-20(13-25-21(27)15-5-1-4-8-19(15)33(25,29)30)23-9-11-24(12-10-23)22(28)18-14-31-16-6-2-3-7-17(16)32-18/h1-8,18H,9-14H2/t18-/m1/s1. The van der Waals surface area contributed by atoms with Crippen molar-refractivity contribution in [3.05, 3.63) is 54.1 Å². The molecule has 3 heterocycles. The summed E-state index contributed by atoms with van der Waals surface area (Å²) >= 11 is 0. The summed E-state index contributed by atoms with van der Waals surface area (Å²) in [6.45, 7) is 0.526. The number of fused-ring (bicyclic) bond motifs is 2. The van der Waals surface area contributed by atoms with Gasteiger partial charge in [0.1, 0.15) is 18.0 Å². The van der Waals surface area contributed by atoms with E-state index >= 15 is 0 Å². The lowest BCUT2D eigenvalue weighted by Crippen LogP contribution is -2.56. The topological polar surface area (TPSA) is 114 Å². The first-order chi connectivity index (χ1) is 15.9. The Balaban J connectivity index is 1.18. The van der Waals surface area contributed by atoms with E-state index in [-0.39, 0.29) is 49.2 Å². The third-order valence-corrected chi connectivity index (χ3v) is 7.71. The fraction of sp³-hybridized carbons (Fsp3) is 0.318. The summed E-state index contributed by atoms with van der Waals surface area (Å²) in [6, 6.07) is 13.0. The lowest BCUT2D eigenvalue weighted by Gasteiger charge is -2.37. The van der Waals surface area contributed by atoms with Gasteiger partial charge in [-0.2, -0.15) is 0 Å². The highest BCUT2D eigenvalue weighted by molar-refractivity contribution is 7.90. The zero-order valence-electron chi connectivity index (χ0n) is 17.5. The maximum absolute atomic E-state index is 12.9. The smallest absolute Gasteiger partial charge is 0.269 e. The third-order valence-electron chi connectivity index (χ3n) is 5.92. The highest BCUT2D eigenvalue weighted by atomic mass is 32.2. The van der Waals surface area contributed by atoms with Gasteiger partial charge in [0.15, 0.2) is 11.5 Å². The summed E-state index contributed by atoms with van der Waals surface area (Å²) in [5.74, 6) is -0.330. The van der Waals surface area contributed by atoms with Crippen molar-refractivity contribution < 1.29 is 32.3 Å². The van der Waals surface area contributed by atoms with E-state index in [2.05, 4.69) is 0 Å². The second-order valence-corrected chi connectivity index (χ2v) is 9.71. The van der Waals surface area contributed by atoms with E-state index < -0.39 is 34.5 Å². The van der Waals surface area contributed by atoms with Gasteiger partial charge in [0.05, 0.1) is 5.56 Å². The van der Waals surface area contributed by atoms with Crippen molar-refractivity contribution in [2.24, 2.45) is 0 Å². The van der Waals surface area contributed by atoms with Gasteiger partial charge in [0.2, 0.25) is 12.0 Å². The second kappa shape index (κ2) is 8.07. The van der Waals surface area contributed by atoms with Crippen LogP contribution >= 0.6 is 0 Å². The van der Waals surface area contributed by atoms with Crippen LogP contribution < -0.4 is 9.47 Å². The van der Waals surface area contributed by atoms with Gasteiger partial charge in [-0.05, 0) is 24.3 Å². The molecule has 1 saturated heterocycles. The number of benzene rings is 2. The lowest BCUT2D eigenvalue weighted by atomic mass is 10.2. The summed E-state index contributed by atoms with van der Waals surface area (Å²) < 4.78 is 37.3. The molecule has 0 radical (unpaired) electrons. The number of hydrogen-bond donors (Lipinski definition) is 0. The first-order valence-electron chi connectivity index (χ1n) is 10.5. The fourth-order valence-corrected chi connectivity index (χ4v) is 5.65. The van der Waals surface area contributed by atoms with Crippen LogP contribution in [0.1, 0.15) is 10.4 Å². The Hall–Kier alpha value is -3.60. The number of amides is 3. The Morgan fingerprint density at radius 3 is 2.27 bits per heavy atom. The molecule has 2 aromatic rings. The van der Waals surface area contributed by atoms with Crippen LogP contribution in [-0.4, -0.2) is 85.7 Å². The van der Waals surface area contributed by atoms with Crippen molar-refractivity contribution >= 4 is 27.7 Å². The van der Waals surface area contributed by atoms with E-state index in [4.69, 9.17) is 9.47 Å². The highest BCUT2D eigenvalue weighted by Crippen LogP contribution is 2.32. The number of carbonyl (C=O) groups excluding carboxylic acids is 3. The number of carbonyl (C=O) groups is 3. The lowest BCUT2D eigenvalue weighted by molar-refractivity contribution is -0.146. The normalized spacial score (nSPS) is 21.0. The van der Waals surface area contributed by atoms with Gasteiger partial charge < -0.3 is 19.3 Å². The minimum Gasteiger partial charge on any atom is -0.485 e. The van der Waals surface area contributed by atoms with E-state index in [0.29, 0.717) is 15.8 Å². The number of piperazine rings is 1. The van der Waals surface area contributed by atoms with Crippen LogP contribution in [0, 0.1) is 0 Å². The molecule has 0 N–H and O–H groups in total. The Morgan fingerprint density at radius 1 is 0.909 bits per heavy atom. The molecule has 10 nitrogen and oxygen atoms in total. The van der Waals surface area contributed by atoms with Gasteiger partial charge in [-0.25, -0.2) is 12.7 Å². The highest BCUT2D eigenvalue weighted by Gasteiger charge is 2.43. The number of rotatable bonds is 3. The van der Waals surface area contributed by atoms with Gasteiger partial charge >= 0.3 is 0 Å². The molecule has 0 unspecified atom stereocenters. The molecule has 0 aliphatic carbocycles.